The Morgan fingerprint density at radius 2 is 2.29 bits per heavy atom. The number of hydrogen-bond acceptors (Lipinski definition) is 3. The van der Waals surface area contributed by atoms with Crippen LogP contribution in [-0.2, 0) is 11.3 Å². The number of aliphatic carboxylic acids is 1. The first-order valence-corrected chi connectivity index (χ1v) is 6.13. The Bertz CT molecular complexity index is 364. The fraction of sp³-hybridized carbons (Fsp3) is 0.615. The van der Waals surface area contributed by atoms with Gasteiger partial charge in [-0.25, -0.2) is 0 Å². The molecule has 1 aromatic heterocycles. The molecule has 4 nitrogen and oxygen atoms in total. The quantitative estimate of drug-likeness (QED) is 0.844. The summed E-state index contributed by atoms with van der Waals surface area (Å²) in [5.74, 6) is 0.674. The highest BCUT2D eigenvalue weighted by molar-refractivity contribution is 5.78. The first kappa shape index (κ1) is 12.2. The SMILES string of the molecule is CC1CCC(NCc2ccco2)(C(=O)O)CC1. The predicted octanol–water partition coefficient (Wildman–Crippen LogP) is 2.40. The summed E-state index contributed by atoms with van der Waals surface area (Å²) in [6, 6.07) is 3.67. The van der Waals surface area contributed by atoms with Gasteiger partial charge in [-0.15, -0.1) is 0 Å². The Balaban J connectivity index is 2.00. The monoisotopic (exact) mass is 237 g/mol. The van der Waals surface area contributed by atoms with Crippen molar-refractivity contribution in [2.75, 3.05) is 0 Å². The third-order valence-electron chi connectivity index (χ3n) is 3.72. The van der Waals surface area contributed by atoms with Gasteiger partial charge in [0.05, 0.1) is 12.8 Å². The van der Waals surface area contributed by atoms with Gasteiger partial charge in [0.25, 0.3) is 0 Å². The van der Waals surface area contributed by atoms with E-state index in [1.165, 1.54) is 0 Å². The predicted molar refractivity (Wildman–Crippen MR) is 63.5 cm³/mol. The van der Waals surface area contributed by atoms with Crippen LogP contribution in [0.5, 0.6) is 0 Å². The minimum absolute atomic E-state index is 0.480. The molecule has 4 heteroatoms. The maximum Gasteiger partial charge on any atom is 0.323 e. The molecule has 1 saturated carbocycles. The zero-order chi connectivity index (χ0) is 12.3. The van der Waals surface area contributed by atoms with E-state index in [9.17, 15) is 9.90 Å². The summed E-state index contributed by atoms with van der Waals surface area (Å²) >= 11 is 0. The molecule has 1 fully saturated rings. The van der Waals surface area contributed by atoms with Gasteiger partial charge < -0.3 is 9.52 Å². The van der Waals surface area contributed by atoms with Gasteiger partial charge in [-0.2, -0.15) is 0 Å². The van der Waals surface area contributed by atoms with Crippen LogP contribution in [0.15, 0.2) is 22.8 Å². The Morgan fingerprint density at radius 1 is 1.59 bits per heavy atom. The second-order valence-corrected chi connectivity index (χ2v) is 5.00. The highest BCUT2D eigenvalue weighted by atomic mass is 16.4. The van der Waals surface area contributed by atoms with Crippen molar-refractivity contribution in [1.29, 1.82) is 0 Å². The molecule has 0 saturated heterocycles. The third-order valence-corrected chi connectivity index (χ3v) is 3.72. The molecule has 2 N–H and O–H groups in total. The zero-order valence-electron chi connectivity index (χ0n) is 10.1. The lowest BCUT2D eigenvalue weighted by Crippen LogP contribution is -2.53. The number of nitrogens with one attached hydrogen (secondary N) is 1. The summed E-state index contributed by atoms with van der Waals surface area (Å²) < 4.78 is 5.21. The highest BCUT2D eigenvalue weighted by Crippen LogP contribution is 2.32. The van der Waals surface area contributed by atoms with Gasteiger partial charge in [-0.1, -0.05) is 6.92 Å². The van der Waals surface area contributed by atoms with E-state index in [1.54, 1.807) is 6.26 Å². The Kier molecular flexibility index (Phi) is 3.52. The minimum atomic E-state index is -0.765. The van der Waals surface area contributed by atoms with E-state index in [-0.39, 0.29) is 0 Å². The molecular formula is C13H19NO3. The Morgan fingerprint density at radius 3 is 2.82 bits per heavy atom. The van der Waals surface area contributed by atoms with Crippen LogP contribution in [0.4, 0.5) is 0 Å². The largest absolute Gasteiger partial charge is 0.480 e. The molecule has 0 aromatic carbocycles. The van der Waals surface area contributed by atoms with Crippen molar-refractivity contribution < 1.29 is 14.3 Å². The summed E-state index contributed by atoms with van der Waals surface area (Å²) in [6.45, 7) is 2.66. The average molecular weight is 237 g/mol. The van der Waals surface area contributed by atoms with Crippen molar-refractivity contribution in [3.8, 4) is 0 Å². The summed E-state index contributed by atoms with van der Waals surface area (Å²) in [5.41, 5.74) is -0.765. The van der Waals surface area contributed by atoms with E-state index in [0.29, 0.717) is 25.3 Å². The van der Waals surface area contributed by atoms with E-state index >= 15 is 0 Å². The normalized spacial score (nSPS) is 29.1. The summed E-state index contributed by atoms with van der Waals surface area (Å²) in [7, 11) is 0. The molecule has 0 aliphatic heterocycles. The van der Waals surface area contributed by atoms with Crippen molar-refractivity contribution in [2.24, 2.45) is 5.92 Å². The van der Waals surface area contributed by atoms with Crippen LogP contribution in [0.1, 0.15) is 38.4 Å². The third kappa shape index (κ3) is 2.69. The molecule has 2 rings (SSSR count). The maximum atomic E-state index is 11.4. The number of carbonyl (C=O) groups is 1. The molecule has 1 aliphatic carbocycles. The van der Waals surface area contributed by atoms with Gasteiger partial charge in [-0.3, -0.25) is 10.1 Å². The molecule has 17 heavy (non-hydrogen) atoms. The van der Waals surface area contributed by atoms with Gasteiger partial charge >= 0.3 is 5.97 Å². The molecule has 1 aromatic rings. The molecule has 94 valence electrons. The summed E-state index contributed by atoms with van der Waals surface area (Å²) in [5, 5.41) is 12.6. The number of furan rings is 1. The van der Waals surface area contributed by atoms with Crippen molar-refractivity contribution in [2.45, 2.75) is 44.7 Å². The average Bonchev–Trinajstić information content (AvgIpc) is 2.81. The standard InChI is InChI=1S/C13H19NO3/c1-10-4-6-13(7-5-10,12(15)16)14-9-11-3-2-8-17-11/h2-3,8,10,14H,4-7,9H2,1H3,(H,15,16). The van der Waals surface area contributed by atoms with Crippen LogP contribution in [0.25, 0.3) is 0 Å². The molecule has 1 aliphatic rings. The van der Waals surface area contributed by atoms with Gasteiger partial charge in [0.2, 0.25) is 0 Å². The fourth-order valence-electron chi connectivity index (χ4n) is 2.39. The van der Waals surface area contributed by atoms with Crippen LogP contribution >= 0.6 is 0 Å². The number of hydrogen-bond donors (Lipinski definition) is 2. The van der Waals surface area contributed by atoms with Crippen molar-refractivity contribution in [3.05, 3.63) is 24.2 Å². The van der Waals surface area contributed by atoms with E-state index in [2.05, 4.69) is 12.2 Å². The van der Waals surface area contributed by atoms with Gasteiger partial charge in [0.15, 0.2) is 0 Å². The van der Waals surface area contributed by atoms with Gasteiger partial charge in [-0.05, 0) is 43.7 Å². The second kappa shape index (κ2) is 4.92. The summed E-state index contributed by atoms with van der Waals surface area (Å²) in [4.78, 5) is 11.4. The summed E-state index contributed by atoms with van der Waals surface area (Å²) in [6.07, 6.45) is 4.94. The van der Waals surface area contributed by atoms with E-state index in [4.69, 9.17) is 4.42 Å². The lowest BCUT2D eigenvalue weighted by molar-refractivity contribution is -0.147. The Hall–Kier alpha value is -1.29. The molecule has 0 radical (unpaired) electrons. The second-order valence-electron chi connectivity index (χ2n) is 5.00. The van der Waals surface area contributed by atoms with Crippen LogP contribution in [0.2, 0.25) is 0 Å². The molecule has 0 unspecified atom stereocenters. The maximum absolute atomic E-state index is 11.4. The lowest BCUT2D eigenvalue weighted by atomic mass is 9.77. The van der Waals surface area contributed by atoms with Crippen molar-refractivity contribution in [1.82, 2.24) is 5.32 Å². The minimum Gasteiger partial charge on any atom is -0.480 e. The molecule has 0 atom stereocenters. The van der Waals surface area contributed by atoms with Crippen molar-refractivity contribution >= 4 is 5.97 Å². The highest BCUT2D eigenvalue weighted by Gasteiger charge is 2.40. The number of carboxylic acid groups (broad SMARTS) is 1. The van der Waals surface area contributed by atoms with Crippen LogP contribution < -0.4 is 5.32 Å². The first-order chi connectivity index (χ1) is 8.12. The molecular weight excluding hydrogens is 218 g/mol. The van der Waals surface area contributed by atoms with E-state index in [1.807, 2.05) is 12.1 Å². The van der Waals surface area contributed by atoms with E-state index < -0.39 is 11.5 Å². The van der Waals surface area contributed by atoms with Crippen LogP contribution in [0.3, 0.4) is 0 Å². The van der Waals surface area contributed by atoms with Crippen molar-refractivity contribution in [3.63, 3.8) is 0 Å². The number of carboxylic acids is 1. The lowest BCUT2D eigenvalue weighted by Gasteiger charge is -2.36. The van der Waals surface area contributed by atoms with E-state index in [0.717, 1.165) is 18.6 Å². The first-order valence-electron chi connectivity index (χ1n) is 6.13. The molecule has 0 spiro atoms. The molecule has 0 amide bonds. The molecule has 1 heterocycles. The topological polar surface area (TPSA) is 62.5 Å². The zero-order valence-corrected chi connectivity index (χ0v) is 10.1. The van der Waals surface area contributed by atoms with Gasteiger partial charge in [0, 0.05) is 0 Å². The van der Waals surface area contributed by atoms with Crippen LogP contribution in [-0.4, -0.2) is 16.6 Å². The Labute approximate surface area is 101 Å². The smallest absolute Gasteiger partial charge is 0.323 e. The van der Waals surface area contributed by atoms with Gasteiger partial charge in [0.1, 0.15) is 11.3 Å². The molecule has 0 bridgehead atoms. The number of rotatable bonds is 4. The van der Waals surface area contributed by atoms with Crippen LogP contribution in [0, 0.1) is 5.92 Å². The fourth-order valence-corrected chi connectivity index (χ4v) is 2.39.